The molecule has 1 aliphatic rings. The molecule has 1 aliphatic heterocycles. The van der Waals surface area contributed by atoms with Crippen LogP contribution in [0.3, 0.4) is 0 Å². The summed E-state index contributed by atoms with van der Waals surface area (Å²) >= 11 is 1.58. The van der Waals surface area contributed by atoms with E-state index in [1.165, 1.54) is 24.3 Å². The van der Waals surface area contributed by atoms with Gasteiger partial charge in [0.05, 0.1) is 28.3 Å². The molecule has 4 aromatic rings. The second-order valence-electron chi connectivity index (χ2n) is 7.73. The van der Waals surface area contributed by atoms with E-state index >= 15 is 0 Å². The van der Waals surface area contributed by atoms with Crippen molar-refractivity contribution in [3.8, 4) is 0 Å². The Morgan fingerprint density at radius 3 is 2.41 bits per heavy atom. The van der Waals surface area contributed by atoms with Crippen molar-refractivity contribution in [2.75, 3.05) is 41.2 Å². The van der Waals surface area contributed by atoms with Crippen LogP contribution in [-0.4, -0.2) is 45.6 Å². The van der Waals surface area contributed by atoms with Crippen molar-refractivity contribution in [2.45, 2.75) is 4.90 Å². The number of hydrogen-bond donors (Lipinski definition) is 2. The second-order valence-corrected chi connectivity index (χ2v) is 10.4. The van der Waals surface area contributed by atoms with Crippen molar-refractivity contribution < 1.29 is 17.9 Å². The van der Waals surface area contributed by atoms with E-state index in [4.69, 9.17) is 9.72 Å². The van der Waals surface area contributed by atoms with Crippen LogP contribution in [0.25, 0.3) is 10.2 Å². The summed E-state index contributed by atoms with van der Waals surface area (Å²) in [5.74, 6) is -0.322. The number of carbonyl (C=O) groups excluding carboxylic acids is 1. The van der Waals surface area contributed by atoms with Gasteiger partial charge in [-0.3, -0.25) is 9.52 Å². The van der Waals surface area contributed by atoms with Crippen molar-refractivity contribution in [2.24, 2.45) is 0 Å². The van der Waals surface area contributed by atoms with Crippen LogP contribution in [0.2, 0.25) is 0 Å². The van der Waals surface area contributed by atoms with E-state index in [1.807, 2.05) is 18.2 Å². The molecule has 34 heavy (non-hydrogen) atoms. The molecule has 5 rings (SSSR count). The Hall–Kier alpha value is -3.47. The predicted octanol–water partition coefficient (Wildman–Crippen LogP) is 4.19. The summed E-state index contributed by atoms with van der Waals surface area (Å²) in [6.07, 6.45) is 0. The van der Waals surface area contributed by atoms with E-state index in [0.29, 0.717) is 30.2 Å². The van der Waals surface area contributed by atoms with Gasteiger partial charge in [0.15, 0.2) is 5.13 Å². The summed E-state index contributed by atoms with van der Waals surface area (Å²) < 4.78 is 34.1. The maximum atomic E-state index is 12.7. The van der Waals surface area contributed by atoms with Crippen molar-refractivity contribution in [3.05, 3.63) is 78.4 Å². The molecular formula is C24H22N4O4S2. The first kappa shape index (κ1) is 22.3. The van der Waals surface area contributed by atoms with Crippen LogP contribution < -0.4 is 14.9 Å². The Labute approximate surface area is 201 Å². The van der Waals surface area contributed by atoms with Crippen molar-refractivity contribution in [3.63, 3.8) is 0 Å². The Morgan fingerprint density at radius 2 is 1.68 bits per heavy atom. The molecule has 1 fully saturated rings. The molecule has 1 amide bonds. The summed E-state index contributed by atoms with van der Waals surface area (Å²) in [6.45, 7) is 3.02. The van der Waals surface area contributed by atoms with Crippen LogP contribution in [0.4, 0.5) is 16.5 Å². The number of hydrogen-bond acceptors (Lipinski definition) is 7. The third kappa shape index (κ3) is 4.89. The number of thiazole rings is 1. The molecule has 8 nitrogen and oxygen atoms in total. The van der Waals surface area contributed by atoms with Gasteiger partial charge in [-0.2, -0.15) is 0 Å². The van der Waals surface area contributed by atoms with Gasteiger partial charge in [0.2, 0.25) is 0 Å². The van der Waals surface area contributed by atoms with E-state index in [0.717, 1.165) is 28.4 Å². The quantitative estimate of drug-likeness (QED) is 0.417. The van der Waals surface area contributed by atoms with Gasteiger partial charge in [-0.15, -0.1) is 0 Å². The third-order valence-electron chi connectivity index (χ3n) is 5.37. The highest BCUT2D eigenvalue weighted by Crippen LogP contribution is 2.31. The van der Waals surface area contributed by atoms with Gasteiger partial charge < -0.3 is 15.0 Å². The van der Waals surface area contributed by atoms with Crippen LogP contribution in [-0.2, 0) is 14.8 Å². The topological polar surface area (TPSA) is 101 Å². The first-order chi connectivity index (χ1) is 16.5. The van der Waals surface area contributed by atoms with Gasteiger partial charge in [-0.05, 0) is 54.6 Å². The Kier molecular flexibility index (Phi) is 6.18. The van der Waals surface area contributed by atoms with Crippen molar-refractivity contribution in [1.29, 1.82) is 0 Å². The van der Waals surface area contributed by atoms with Gasteiger partial charge in [0.25, 0.3) is 15.9 Å². The summed E-state index contributed by atoms with van der Waals surface area (Å²) in [5.41, 5.74) is 2.36. The Bertz CT molecular complexity index is 1410. The molecule has 0 radical (unpaired) electrons. The summed E-state index contributed by atoms with van der Waals surface area (Å²) in [4.78, 5) is 19.7. The molecule has 2 heterocycles. The zero-order valence-electron chi connectivity index (χ0n) is 18.1. The summed E-state index contributed by atoms with van der Waals surface area (Å²) in [6, 6.07) is 20.1. The highest BCUT2D eigenvalue weighted by molar-refractivity contribution is 7.92. The number of nitrogens with one attached hydrogen (secondary N) is 2. The van der Waals surface area contributed by atoms with Crippen molar-refractivity contribution in [1.82, 2.24) is 4.98 Å². The fourth-order valence-corrected chi connectivity index (χ4v) is 5.70. The van der Waals surface area contributed by atoms with Gasteiger partial charge in [-0.1, -0.05) is 29.5 Å². The molecule has 0 aliphatic carbocycles. The fourth-order valence-electron chi connectivity index (χ4n) is 3.59. The number of sulfonamides is 1. The molecule has 0 bridgehead atoms. The number of rotatable bonds is 6. The van der Waals surface area contributed by atoms with E-state index in [1.54, 1.807) is 41.7 Å². The van der Waals surface area contributed by atoms with Crippen LogP contribution in [0.1, 0.15) is 10.4 Å². The van der Waals surface area contributed by atoms with Crippen LogP contribution in [0.5, 0.6) is 0 Å². The van der Waals surface area contributed by atoms with Crippen molar-refractivity contribution >= 4 is 54.0 Å². The number of morpholine rings is 1. The molecule has 0 saturated carbocycles. The number of anilines is 3. The van der Waals surface area contributed by atoms with E-state index in [9.17, 15) is 13.2 Å². The largest absolute Gasteiger partial charge is 0.378 e. The van der Waals surface area contributed by atoms with Gasteiger partial charge in [0, 0.05) is 30.0 Å². The number of benzene rings is 3. The van der Waals surface area contributed by atoms with Crippen LogP contribution in [0.15, 0.2) is 77.7 Å². The lowest BCUT2D eigenvalue weighted by molar-refractivity contribution is 0.102. The monoisotopic (exact) mass is 494 g/mol. The number of carbonyl (C=O) groups is 1. The fraction of sp³-hybridized carbons (Fsp3) is 0.167. The molecule has 2 N–H and O–H groups in total. The smallest absolute Gasteiger partial charge is 0.261 e. The Balaban J connectivity index is 1.28. The minimum Gasteiger partial charge on any atom is -0.378 e. The van der Waals surface area contributed by atoms with Crippen LogP contribution >= 0.6 is 11.3 Å². The zero-order chi connectivity index (χ0) is 23.5. The number of amides is 1. The molecule has 1 aromatic heterocycles. The van der Waals surface area contributed by atoms with Gasteiger partial charge in [-0.25, -0.2) is 13.4 Å². The van der Waals surface area contributed by atoms with Crippen LogP contribution in [0, 0.1) is 0 Å². The molecule has 10 heteroatoms. The van der Waals surface area contributed by atoms with Gasteiger partial charge >= 0.3 is 0 Å². The third-order valence-corrected chi connectivity index (χ3v) is 7.85. The molecule has 174 valence electrons. The second kappa shape index (κ2) is 9.41. The highest BCUT2D eigenvalue weighted by Gasteiger charge is 2.17. The normalized spacial score (nSPS) is 14.2. The maximum absolute atomic E-state index is 12.7. The number of ether oxygens (including phenoxy) is 1. The number of para-hydroxylation sites is 1. The van der Waals surface area contributed by atoms with E-state index in [-0.39, 0.29) is 10.8 Å². The van der Waals surface area contributed by atoms with E-state index in [2.05, 4.69) is 14.9 Å². The van der Waals surface area contributed by atoms with Gasteiger partial charge in [0.1, 0.15) is 0 Å². The average molecular weight is 495 g/mol. The first-order valence-electron chi connectivity index (χ1n) is 10.7. The zero-order valence-corrected chi connectivity index (χ0v) is 19.7. The minimum absolute atomic E-state index is 0.0784. The molecule has 0 atom stereocenters. The lowest BCUT2D eigenvalue weighted by Gasteiger charge is -2.25. The maximum Gasteiger partial charge on any atom is 0.261 e. The molecular weight excluding hydrogens is 472 g/mol. The average Bonchev–Trinajstić information content (AvgIpc) is 3.29. The lowest BCUT2D eigenvalue weighted by atomic mass is 10.2. The molecule has 0 spiro atoms. The first-order valence-corrected chi connectivity index (χ1v) is 13.0. The standard InChI is InChI=1S/C24H22N4O4S2/c29-23(17-6-9-20(10-7-17)34(30,31)27-18-4-2-1-3-5-18)25-19-8-11-21-22(16-19)33-24(26-21)28-12-14-32-15-13-28/h1-11,16,27H,12-15H2,(H,25,29). The molecule has 3 aromatic carbocycles. The summed E-state index contributed by atoms with van der Waals surface area (Å²) in [5, 5.41) is 3.83. The number of fused-ring (bicyclic) bond motifs is 1. The minimum atomic E-state index is -3.75. The lowest BCUT2D eigenvalue weighted by Crippen LogP contribution is -2.36. The molecule has 0 unspecified atom stereocenters. The Morgan fingerprint density at radius 1 is 0.941 bits per heavy atom. The highest BCUT2D eigenvalue weighted by atomic mass is 32.2. The molecule has 1 saturated heterocycles. The predicted molar refractivity (Wildman–Crippen MR) is 134 cm³/mol. The summed E-state index contributed by atoms with van der Waals surface area (Å²) in [7, 11) is -3.75. The number of nitrogens with zero attached hydrogens (tertiary/aromatic N) is 2. The number of aromatic nitrogens is 1. The van der Waals surface area contributed by atoms with E-state index < -0.39 is 10.0 Å². The SMILES string of the molecule is O=C(Nc1ccc2nc(N3CCOCC3)sc2c1)c1ccc(S(=O)(=O)Nc2ccccc2)cc1.